The quantitative estimate of drug-likeness (QED) is 0.576. The zero-order valence-electron chi connectivity index (χ0n) is 8.09. The monoisotopic (exact) mass is 264 g/mol. The molecule has 11 heavy (non-hydrogen) atoms. The molecule has 0 spiro atoms. The Morgan fingerprint density at radius 3 is 1.64 bits per heavy atom. The summed E-state index contributed by atoms with van der Waals surface area (Å²) in [6.07, 6.45) is 1.30. The summed E-state index contributed by atoms with van der Waals surface area (Å²) in [6.45, 7) is 11.6. The smallest absolute Gasteiger partial charge is 0.00378 e. The molecule has 0 nitrogen and oxygen atoms in total. The van der Waals surface area contributed by atoms with Crippen LogP contribution in [-0.2, 0) is 0 Å². The molecule has 0 fully saturated rings. The molecule has 0 aromatic carbocycles. The highest BCUT2D eigenvalue weighted by atomic mass is 127. The molecule has 0 aromatic rings. The Labute approximate surface area is 83.6 Å². The van der Waals surface area contributed by atoms with Crippen LogP contribution in [0.2, 0.25) is 0 Å². The third-order valence-corrected chi connectivity index (χ3v) is 5.09. The van der Waals surface area contributed by atoms with E-state index in [0.717, 1.165) is 0 Å². The maximum Gasteiger partial charge on any atom is -0.00378 e. The van der Waals surface area contributed by atoms with Gasteiger partial charge in [-0.3, -0.25) is 0 Å². The predicted molar refractivity (Wildman–Crippen MR) is 58.9 cm³/mol. The summed E-state index contributed by atoms with van der Waals surface area (Å²) in [5.74, 6) is 0. The summed E-state index contributed by atoms with van der Waals surface area (Å²) >= 11 is 2.51. The lowest BCUT2D eigenvalue weighted by Gasteiger charge is -2.24. The van der Waals surface area contributed by atoms with Crippen molar-refractivity contribution < 1.29 is 0 Å². The van der Waals surface area contributed by atoms with E-state index in [9.17, 15) is 0 Å². The van der Waals surface area contributed by atoms with E-state index in [0.29, 0.717) is 10.8 Å². The zero-order chi connectivity index (χ0) is 8.86. The van der Waals surface area contributed by atoms with Gasteiger partial charge in [-0.1, -0.05) is 33.3 Å². The normalized spacial score (nSPS) is 27.8. The zero-order valence-corrected chi connectivity index (χ0v) is 10.2. The average Bonchev–Trinajstić information content (AvgIpc) is 1.91. The second-order valence-corrected chi connectivity index (χ2v) is 5.96. The molecule has 64 valence electrons. The molecule has 0 saturated heterocycles. The van der Waals surface area contributed by atoms with Crippen LogP contribution in [0.4, 0.5) is 0 Å². The number of rotatable bonds is 0. The first-order chi connectivity index (χ1) is 4.77. The van der Waals surface area contributed by atoms with E-state index in [1.54, 1.807) is 9.15 Å². The molecule has 1 heteroatoms. The minimum atomic E-state index is 0.425. The first-order valence-electron chi connectivity index (χ1n) is 4.15. The van der Waals surface area contributed by atoms with Crippen molar-refractivity contribution in [3.63, 3.8) is 0 Å². The third-order valence-electron chi connectivity index (χ3n) is 2.82. The van der Waals surface area contributed by atoms with Crippen molar-refractivity contribution in [2.75, 3.05) is 0 Å². The molecule has 1 rings (SSSR count). The number of hydrogen-bond acceptors (Lipinski definition) is 0. The van der Waals surface area contributed by atoms with Crippen LogP contribution < -0.4 is 0 Å². The molecule has 0 radical (unpaired) electrons. The number of halogens is 1. The summed E-state index contributed by atoms with van der Waals surface area (Å²) in [7, 11) is 0. The molecule has 0 amide bonds. The third kappa shape index (κ3) is 1.49. The Bertz CT molecular complexity index is 187. The van der Waals surface area contributed by atoms with E-state index in [1.165, 1.54) is 6.42 Å². The molecule has 0 N–H and O–H groups in total. The van der Waals surface area contributed by atoms with Crippen LogP contribution in [0.1, 0.15) is 41.0 Å². The first kappa shape index (κ1) is 9.56. The molecule has 0 saturated carbocycles. The van der Waals surface area contributed by atoms with E-state index >= 15 is 0 Å². The van der Waals surface area contributed by atoms with E-state index in [1.807, 2.05) is 0 Å². The summed E-state index contributed by atoms with van der Waals surface area (Å²) < 4.78 is 1.57. The van der Waals surface area contributed by atoms with Crippen LogP contribution >= 0.6 is 22.6 Å². The van der Waals surface area contributed by atoms with Gasteiger partial charge in [0.1, 0.15) is 0 Å². The van der Waals surface area contributed by atoms with Crippen LogP contribution in [-0.4, -0.2) is 0 Å². The molecule has 1 aliphatic rings. The molecule has 0 aromatic heterocycles. The maximum absolute atomic E-state index is 2.51. The molecule has 1 aliphatic carbocycles. The van der Waals surface area contributed by atoms with Crippen molar-refractivity contribution in [1.82, 2.24) is 0 Å². The lowest BCUT2D eigenvalue weighted by Crippen LogP contribution is -2.14. The second-order valence-electron chi connectivity index (χ2n) is 4.88. The van der Waals surface area contributed by atoms with E-state index < -0.39 is 0 Å². The first-order valence-corrected chi connectivity index (χ1v) is 5.22. The molecule has 0 heterocycles. The molecular formula is C10H17I. The Morgan fingerprint density at radius 1 is 1.09 bits per heavy atom. The summed E-state index contributed by atoms with van der Waals surface area (Å²) in [6, 6.07) is 0. The summed E-state index contributed by atoms with van der Waals surface area (Å²) in [5.41, 5.74) is 2.44. The van der Waals surface area contributed by atoms with Gasteiger partial charge in [0.25, 0.3) is 0 Å². The van der Waals surface area contributed by atoms with Crippen molar-refractivity contribution in [3.05, 3.63) is 9.15 Å². The van der Waals surface area contributed by atoms with E-state index in [-0.39, 0.29) is 0 Å². The summed E-state index contributed by atoms with van der Waals surface area (Å²) in [4.78, 5) is 0. The number of hydrogen-bond donors (Lipinski definition) is 0. The van der Waals surface area contributed by atoms with Gasteiger partial charge < -0.3 is 0 Å². The van der Waals surface area contributed by atoms with Crippen molar-refractivity contribution in [2.24, 2.45) is 10.8 Å². The molecule has 0 atom stereocenters. The van der Waals surface area contributed by atoms with Gasteiger partial charge in [0.15, 0.2) is 0 Å². The van der Waals surface area contributed by atoms with E-state index in [2.05, 4.69) is 57.2 Å². The molecule has 0 aliphatic heterocycles. The van der Waals surface area contributed by atoms with Gasteiger partial charge in [-0.05, 0) is 50.3 Å². The standard InChI is InChI=1S/C10H17I/c1-7-8(11)10(4,5)6-9(7,2)3/h6H2,1-5H3. The van der Waals surface area contributed by atoms with Gasteiger partial charge in [0.05, 0.1) is 0 Å². The second kappa shape index (κ2) is 2.48. The molecular weight excluding hydrogens is 247 g/mol. The lowest BCUT2D eigenvalue weighted by atomic mass is 9.81. The van der Waals surface area contributed by atoms with Crippen LogP contribution in [0, 0.1) is 10.8 Å². The van der Waals surface area contributed by atoms with Gasteiger partial charge in [0, 0.05) is 0 Å². The predicted octanol–water partition coefficient (Wildman–Crippen LogP) is 4.15. The molecule has 0 bridgehead atoms. The number of allylic oxidation sites excluding steroid dienone is 2. The Balaban J connectivity index is 3.09. The van der Waals surface area contributed by atoms with E-state index in [4.69, 9.17) is 0 Å². The fourth-order valence-electron chi connectivity index (χ4n) is 2.12. The van der Waals surface area contributed by atoms with Gasteiger partial charge in [-0.25, -0.2) is 0 Å². The van der Waals surface area contributed by atoms with Crippen LogP contribution in [0.15, 0.2) is 9.15 Å². The lowest BCUT2D eigenvalue weighted by molar-refractivity contribution is 0.323. The fourth-order valence-corrected chi connectivity index (χ4v) is 3.04. The fraction of sp³-hybridized carbons (Fsp3) is 0.800. The Morgan fingerprint density at radius 2 is 1.55 bits per heavy atom. The van der Waals surface area contributed by atoms with Crippen molar-refractivity contribution in [1.29, 1.82) is 0 Å². The summed E-state index contributed by atoms with van der Waals surface area (Å²) in [5, 5.41) is 0. The average molecular weight is 264 g/mol. The van der Waals surface area contributed by atoms with Crippen LogP contribution in [0.5, 0.6) is 0 Å². The van der Waals surface area contributed by atoms with Crippen molar-refractivity contribution in [2.45, 2.75) is 41.0 Å². The highest BCUT2D eigenvalue weighted by Crippen LogP contribution is 2.54. The Kier molecular flexibility index (Phi) is 2.15. The molecule has 0 unspecified atom stereocenters. The van der Waals surface area contributed by atoms with Crippen molar-refractivity contribution in [3.8, 4) is 0 Å². The largest absolute Gasteiger partial charge is 0.0578 e. The highest BCUT2D eigenvalue weighted by Gasteiger charge is 2.40. The topological polar surface area (TPSA) is 0 Å². The maximum atomic E-state index is 2.51. The van der Waals surface area contributed by atoms with Crippen LogP contribution in [0.3, 0.4) is 0 Å². The minimum absolute atomic E-state index is 0.425. The van der Waals surface area contributed by atoms with Gasteiger partial charge in [0.2, 0.25) is 0 Å². The highest BCUT2D eigenvalue weighted by molar-refractivity contribution is 14.1. The SMILES string of the molecule is CC1=C(I)C(C)(C)CC1(C)C. The van der Waals surface area contributed by atoms with Gasteiger partial charge in [-0.2, -0.15) is 0 Å². The van der Waals surface area contributed by atoms with Gasteiger partial charge >= 0.3 is 0 Å². The van der Waals surface area contributed by atoms with Gasteiger partial charge in [-0.15, -0.1) is 0 Å². The van der Waals surface area contributed by atoms with Crippen molar-refractivity contribution >= 4 is 22.6 Å². The van der Waals surface area contributed by atoms with Crippen LogP contribution in [0.25, 0.3) is 0 Å². The Hall–Kier alpha value is 0.470. The minimum Gasteiger partial charge on any atom is -0.0578 e.